The molecule has 0 radical (unpaired) electrons. The molecule has 2 aromatic rings. The lowest BCUT2D eigenvalue weighted by atomic mass is 10.2. The van der Waals surface area contributed by atoms with Crippen LogP contribution in [0.4, 0.5) is 10.2 Å². The molecule has 1 heterocycles. The van der Waals surface area contributed by atoms with Crippen molar-refractivity contribution >= 4 is 28.3 Å². The second kappa shape index (κ2) is 4.81. The Morgan fingerprint density at radius 1 is 1.41 bits per heavy atom. The van der Waals surface area contributed by atoms with E-state index in [1.54, 1.807) is 0 Å². The van der Waals surface area contributed by atoms with E-state index in [2.05, 4.69) is 15.4 Å². The van der Waals surface area contributed by atoms with Crippen LogP contribution < -0.4 is 11.3 Å². The fraction of sp³-hybridized carbons (Fsp3) is 0.273. The topological polar surface area (TPSA) is 63.8 Å². The summed E-state index contributed by atoms with van der Waals surface area (Å²) in [5.41, 5.74) is 2.96. The summed E-state index contributed by atoms with van der Waals surface area (Å²) in [5.74, 6) is 5.97. The molecule has 2 rings (SSSR count). The van der Waals surface area contributed by atoms with Crippen molar-refractivity contribution < 1.29 is 4.39 Å². The van der Waals surface area contributed by atoms with Gasteiger partial charge in [0.15, 0.2) is 5.82 Å². The second-order valence-corrected chi connectivity index (χ2v) is 4.07. The number of hydrazine groups is 1. The first-order valence-corrected chi connectivity index (χ1v) is 5.65. The number of benzene rings is 1. The van der Waals surface area contributed by atoms with E-state index >= 15 is 0 Å². The largest absolute Gasteiger partial charge is 0.308 e. The Kier molecular flexibility index (Phi) is 3.40. The van der Waals surface area contributed by atoms with E-state index in [4.69, 9.17) is 17.4 Å². The first kappa shape index (κ1) is 12.0. The van der Waals surface area contributed by atoms with Crippen molar-refractivity contribution in [3.05, 3.63) is 28.8 Å². The molecule has 0 saturated carbocycles. The lowest BCUT2D eigenvalue weighted by Crippen LogP contribution is -2.11. The van der Waals surface area contributed by atoms with Crippen LogP contribution in [0.5, 0.6) is 0 Å². The zero-order valence-electron chi connectivity index (χ0n) is 9.30. The molecule has 90 valence electrons. The van der Waals surface area contributed by atoms with E-state index in [1.807, 2.05) is 6.92 Å². The van der Waals surface area contributed by atoms with Gasteiger partial charge in [0.25, 0.3) is 0 Å². The Hall–Kier alpha value is -1.46. The molecule has 0 bridgehead atoms. The number of rotatable bonds is 3. The maximum absolute atomic E-state index is 13.3. The number of halogens is 2. The molecule has 1 aromatic carbocycles. The van der Waals surface area contributed by atoms with Crippen molar-refractivity contribution in [1.82, 2.24) is 9.97 Å². The summed E-state index contributed by atoms with van der Waals surface area (Å²) in [4.78, 5) is 8.53. The molecule has 0 spiro atoms. The van der Waals surface area contributed by atoms with Crippen LogP contribution in [-0.2, 0) is 6.42 Å². The number of nitrogens with one attached hydrogen (secondary N) is 1. The minimum Gasteiger partial charge on any atom is -0.308 e. The molecule has 0 aliphatic carbocycles. The molecule has 1 aromatic heterocycles. The number of nitrogens with two attached hydrogens (primary N) is 1. The average molecular weight is 255 g/mol. The molecular weight excluding hydrogens is 243 g/mol. The van der Waals surface area contributed by atoms with E-state index in [1.165, 1.54) is 12.1 Å². The smallest absolute Gasteiger partial charge is 0.151 e. The van der Waals surface area contributed by atoms with Crippen molar-refractivity contribution in [3.63, 3.8) is 0 Å². The molecular formula is C11H12ClFN4. The van der Waals surface area contributed by atoms with Gasteiger partial charge in [0.05, 0.1) is 10.5 Å². The third-order valence-corrected chi connectivity index (χ3v) is 2.66. The Morgan fingerprint density at radius 3 is 2.82 bits per heavy atom. The van der Waals surface area contributed by atoms with Crippen molar-refractivity contribution in [2.75, 3.05) is 5.43 Å². The first-order chi connectivity index (χ1) is 8.15. The fourth-order valence-corrected chi connectivity index (χ4v) is 1.90. The van der Waals surface area contributed by atoms with E-state index < -0.39 is 5.82 Å². The minimum atomic E-state index is -0.439. The lowest BCUT2D eigenvalue weighted by Gasteiger charge is -2.08. The monoisotopic (exact) mass is 254 g/mol. The molecule has 0 aliphatic rings. The van der Waals surface area contributed by atoms with E-state index in [9.17, 15) is 4.39 Å². The van der Waals surface area contributed by atoms with Gasteiger partial charge in [0.2, 0.25) is 0 Å². The normalized spacial score (nSPS) is 10.8. The zero-order chi connectivity index (χ0) is 12.4. The maximum atomic E-state index is 13.3. The second-order valence-electron chi connectivity index (χ2n) is 3.67. The number of hydrogen-bond acceptors (Lipinski definition) is 4. The number of aryl methyl sites for hydroxylation is 1. The van der Waals surface area contributed by atoms with Crippen LogP contribution in [0.2, 0.25) is 5.02 Å². The van der Waals surface area contributed by atoms with Gasteiger partial charge in [-0.05, 0) is 18.6 Å². The third-order valence-electron chi connectivity index (χ3n) is 2.38. The SMILES string of the molecule is CCCc1nc(NN)c2cc(F)cc(Cl)c2n1. The summed E-state index contributed by atoms with van der Waals surface area (Å²) in [6, 6.07) is 2.54. The van der Waals surface area contributed by atoms with Crippen LogP contribution in [0, 0.1) is 5.82 Å². The van der Waals surface area contributed by atoms with Gasteiger partial charge < -0.3 is 5.43 Å². The van der Waals surface area contributed by atoms with Crippen LogP contribution in [-0.4, -0.2) is 9.97 Å². The van der Waals surface area contributed by atoms with Gasteiger partial charge >= 0.3 is 0 Å². The highest BCUT2D eigenvalue weighted by Crippen LogP contribution is 2.27. The Bertz CT molecular complexity index is 559. The number of fused-ring (bicyclic) bond motifs is 1. The molecule has 0 unspecified atom stereocenters. The molecule has 17 heavy (non-hydrogen) atoms. The summed E-state index contributed by atoms with van der Waals surface area (Å²) in [6.45, 7) is 2.02. The Balaban J connectivity index is 2.73. The van der Waals surface area contributed by atoms with Crippen LogP contribution in [0.1, 0.15) is 19.2 Å². The molecule has 4 nitrogen and oxygen atoms in total. The van der Waals surface area contributed by atoms with Crippen LogP contribution in [0.25, 0.3) is 10.9 Å². The molecule has 0 amide bonds. The molecule has 0 saturated heterocycles. The van der Waals surface area contributed by atoms with E-state index in [0.717, 1.165) is 12.8 Å². The molecule has 3 N–H and O–H groups in total. The van der Waals surface area contributed by atoms with Gasteiger partial charge in [-0.25, -0.2) is 20.2 Å². The van der Waals surface area contributed by atoms with Crippen molar-refractivity contribution in [1.29, 1.82) is 0 Å². The third kappa shape index (κ3) is 2.30. The molecule has 6 heteroatoms. The Labute approximate surface area is 103 Å². The van der Waals surface area contributed by atoms with Crippen LogP contribution in [0.15, 0.2) is 12.1 Å². The predicted octanol–water partition coefficient (Wildman–Crippen LogP) is 2.66. The van der Waals surface area contributed by atoms with Gasteiger partial charge in [-0.1, -0.05) is 18.5 Å². The summed E-state index contributed by atoms with van der Waals surface area (Å²) >= 11 is 5.96. The zero-order valence-corrected chi connectivity index (χ0v) is 10.1. The van der Waals surface area contributed by atoms with Crippen molar-refractivity contribution in [2.24, 2.45) is 5.84 Å². The summed E-state index contributed by atoms with van der Waals surface area (Å²) < 4.78 is 13.3. The van der Waals surface area contributed by atoms with E-state index in [0.29, 0.717) is 22.5 Å². The highest BCUT2D eigenvalue weighted by atomic mass is 35.5. The quantitative estimate of drug-likeness (QED) is 0.653. The number of hydrogen-bond donors (Lipinski definition) is 2. The average Bonchev–Trinajstić information content (AvgIpc) is 2.29. The van der Waals surface area contributed by atoms with Gasteiger partial charge in [-0.2, -0.15) is 0 Å². The maximum Gasteiger partial charge on any atom is 0.151 e. The Morgan fingerprint density at radius 2 is 2.18 bits per heavy atom. The van der Waals surface area contributed by atoms with Gasteiger partial charge in [-0.3, -0.25) is 0 Å². The number of nitrogen functional groups attached to an aromatic ring is 1. The number of nitrogens with zero attached hydrogens (tertiary/aromatic N) is 2. The van der Waals surface area contributed by atoms with Gasteiger partial charge in [0, 0.05) is 11.8 Å². The molecule has 0 atom stereocenters. The predicted molar refractivity (Wildman–Crippen MR) is 66.3 cm³/mol. The highest BCUT2D eigenvalue weighted by molar-refractivity contribution is 6.35. The standard InChI is InChI=1S/C11H12ClFN4/c1-2-3-9-15-10-7(11(16-9)17-14)4-6(13)5-8(10)12/h4-5H,2-3,14H2,1H3,(H,15,16,17). The van der Waals surface area contributed by atoms with Crippen LogP contribution in [0.3, 0.4) is 0 Å². The fourth-order valence-electron chi connectivity index (χ4n) is 1.65. The van der Waals surface area contributed by atoms with Crippen molar-refractivity contribution in [3.8, 4) is 0 Å². The summed E-state index contributed by atoms with van der Waals surface area (Å²) in [5, 5.41) is 0.744. The number of anilines is 1. The highest BCUT2D eigenvalue weighted by Gasteiger charge is 2.11. The van der Waals surface area contributed by atoms with Crippen LogP contribution >= 0.6 is 11.6 Å². The van der Waals surface area contributed by atoms with E-state index in [-0.39, 0.29) is 5.02 Å². The van der Waals surface area contributed by atoms with Gasteiger partial charge in [-0.15, -0.1) is 0 Å². The summed E-state index contributed by atoms with van der Waals surface area (Å²) in [7, 11) is 0. The minimum absolute atomic E-state index is 0.260. The molecule has 0 fully saturated rings. The lowest BCUT2D eigenvalue weighted by molar-refractivity contribution is 0.629. The van der Waals surface area contributed by atoms with Gasteiger partial charge in [0.1, 0.15) is 11.6 Å². The first-order valence-electron chi connectivity index (χ1n) is 5.28. The van der Waals surface area contributed by atoms with Crippen molar-refractivity contribution in [2.45, 2.75) is 19.8 Å². The number of aromatic nitrogens is 2. The molecule has 0 aliphatic heterocycles. The summed E-state index contributed by atoms with van der Waals surface area (Å²) in [6.07, 6.45) is 1.63.